The third kappa shape index (κ3) is 5.04. The minimum Gasteiger partial charge on any atom is -0.492 e. The Hall–Kier alpha value is -2.38. The molecule has 134 valence electrons. The Balaban J connectivity index is 2.21. The summed E-state index contributed by atoms with van der Waals surface area (Å²) >= 11 is 0. The summed E-state index contributed by atoms with van der Waals surface area (Å²) in [6, 6.07) is 14.0. The SMILES string of the molecule is CCOc1ccc(C(=O)NC)cc1S(=O)(=O)NCCc1ccccc1. The minimum absolute atomic E-state index is 0.0384. The molecule has 0 saturated heterocycles. The van der Waals surface area contributed by atoms with Crippen LogP contribution in [0.2, 0.25) is 0 Å². The van der Waals surface area contributed by atoms with Crippen molar-refractivity contribution in [2.45, 2.75) is 18.2 Å². The van der Waals surface area contributed by atoms with Crippen molar-refractivity contribution >= 4 is 15.9 Å². The number of amides is 1. The molecule has 0 fully saturated rings. The molecule has 7 heteroatoms. The van der Waals surface area contributed by atoms with Crippen LogP contribution in [0.5, 0.6) is 5.75 Å². The number of sulfonamides is 1. The van der Waals surface area contributed by atoms with Crippen molar-refractivity contribution in [3.8, 4) is 5.75 Å². The third-order valence-electron chi connectivity index (χ3n) is 3.57. The van der Waals surface area contributed by atoms with Gasteiger partial charge in [-0.1, -0.05) is 30.3 Å². The van der Waals surface area contributed by atoms with Crippen LogP contribution in [0.25, 0.3) is 0 Å². The quantitative estimate of drug-likeness (QED) is 0.752. The third-order valence-corrected chi connectivity index (χ3v) is 5.05. The Morgan fingerprint density at radius 2 is 1.84 bits per heavy atom. The predicted molar refractivity (Wildman–Crippen MR) is 96.3 cm³/mol. The van der Waals surface area contributed by atoms with Gasteiger partial charge in [0.1, 0.15) is 10.6 Å². The average Bonchev–Trinajstić information content (AvgIpc) is 2.62. The van der Waals surface area contributed by atoms with Crippen LogP contribution >= 0.6 is 0 Å². The first kappa shape index (κ1) is 19.0. The van der Waals surface area contributed by atoms with E-state index >= 15 is 0 Å². The van der Waals surface area contributed by atoms with Gasteiger partial charge in [0.05, 0.1) is 6.61 Å². The van der Waals surface area contributed by atoms with E-state index in [4.69, 9.17) is 4.74 Å². The summed E-state index contributed by atoms with van der Waals surface area (Å²) in [5.74, 6) is -0.133. The smallest absolute Gasteiger partial charge is 0.251 e. The van der Waals surface area contributed by atoms with E-state index in [9.17, 15) is 13.2 Å². The van der Waals surface area contributed by atoms with E-state index in [0.29, 0.717) is 13.0 Å². The van der Waals surface area contributed by atoms with E-state index in [0.717, 1.165) is 5.56 Å². The first-order valence-electron chi connectivity index (χ1n) is 8.00. The molecule has 0 bridgehead atoms. The molecule has 0 aromatic heterocycles. The zero-order valence-electron chi connectivity index (χ0n) is 14.3. The fraction of sp³-hybridized carbons (Fsp3) is 0.278. The van der Waals surface area contributed by atoms with Crippen molar-refractivity contribution in [1.82, 2.24) is 10.0 Å². The fourth-order valence-electron chi connectivity index (χ4n) is 2.33. The van der Waals surface area contributed by atoms with Gasteiger partial charge >= 0.3 is 0 Å². The van der Waals surface area contributed by atoms with Gasteiger partial charge in [-0.25, -0.2) is 13.1 Å². The number of nitrogens with one attached hydrogen (secondary N) is 2. The van der Waals surface area contributed by atoms with Gasteiger partial charge in [0.25, 0.3) is 5.91 Å². The summed E-state index contributed by atoms with van der Waals surface area (Å²) < 4.78 is 33.3. The van der Waals surface area contributed by atoms with E-state index in [1.165, 1.54) is 25.2 Å². The molecule has 0 saturated carbocycles. The number of benzene rings is 2. The van der Waals surface area contributed by atoms with Gasteiger partial charge in [0, 0.05) is 19.2 Å². The molecule has 0 aliphatic rings. The number of carbonyl (C=O) groups is 1. The molecule has 0 radical (unpaired) electrons. The lowest BCUT2D eigenvalue weighted by molar-refractivity contribution is 0.0963. The van der Waals surface area contributed by atoms with Crippen molar-refractivity contribution in [1.29, 1.82) is 0 Å². The van der Waals surface area contributed by atoms with Gasteiger partial charge in [0.15, 0.2) is 0 Å². The molecule has 6 nitrogen and oxygen atoms in total. The number of rotatable bonds is 8. The molecule has 0 heterocycles. The lowest BCUT2D eigenvalue weighted by atomic mass is 10.2. The maximum absolute atomic E-state index is 12.7. The monoisotopic (exact) mass is 362 g/mol. The second-order valence-electron chi connectivity index (χ2n) is 5.31. The zero-order chi connectivity index (χ0) is 18.3. The molecule has 0 aliphatic heterocycles. The Morgan fingerprint density at radius 3 is 2.48 bits per heavy atom. The van der Waals surface area contributed by atoms with E-state index in [-0.39, 0.29) is 28.7 Å². The van der Waals surface area contributed by atoms with E-state index in [1.54, 1.807) is 6.92 Å². The second kappa shape index (κ2) is 8.64. The van der Waals surface area contributed by atoms with Crippen LogP contribution in [-0.4, -0.2) is 34.5 Å². The number of hydrogen-bond donors (Lipinski definition) is 2. The molecule has 25 heavy (non-hydrogen) atoms. The Kier molecular flexibility index (Phi) is 6.55. The second-order valence-corrected chi connectivity index (χ2v) is 7.04. The number of carbonyl (C=O) groups excluding carboxylic acids is 1. The molecule has 2 rings (SSSR count). The van der Waals surface area contributed by atoms with Crippen LogP contribution < -0.4 is 14.8 Å². The summed E-state index contributed by atoms with van der Waals surface area (Å²) in [5, 5.41) is 2.48. The Bertz CT molecular complexity index is 820. The van der Waals surface area contributed by atoms with Gasteiger partial charge in [-0.2, -0.15) is 0 Å². The van der Waals surface area contributed by atoms with Gasteiger partial charge in [-0.05, 0) is 37.1 Å². The largest absolute Gasteiger partial charge is 0.492 e. The van der Waals surface area contributed by atoms with Crippen LogP contribution in [0.1, 0.15) is 22.8 Å². The minimum atomic E-state index is -3.80. The Labute approximate surface area is 148 Å². The number of ether oxygens (including phenoxy) is 1. The average molecular weight is 362 g/mol. The van der Waals surface area contributed by atoms with Crippen molar-refractivity contribution < 1.29 is 17.9 Å². The molecule has 0 atom stereocenters. The summed E-state index contributed by atoms with van der Waals surface area (Å²) in [5.41, 5.74) is 1.30. The highest BCUT2D eigenvalue weighted by Crippen LogP contribution is 2.25. The standard InChI is InChI=1S/C18H22N2O4S/c1-3-24-16-10-9-15(18(21)19-2)13-17(16)25(22,23)20-12-11-14-7-5-4-6-8-14/h4-10,13,20H,3,11-12H2,1-2H3,(H,19,21). The fourth-order valence-corrected chi connectivity index (χ4v) is 3.53. The summed E-state index contributed by atoms with van der Waals surface area (Å²) in [6.07, 6.45) is 0.569. The Morgan fingerprint density at radius 1 is 1.12 bits per heavy atom. The summed E-state index contributed by atoms with van der Waals surface area (Å²) in [7, 11) is -2.31. The van der Waals surface area contributed by atoms with Gasteiger partial charge in [-0.15, -0.1) is 0 Å². The van der Waals surface area contributed by atoms with Gasteiger partial charge < -0.3 is 10.1 Å². The molecule has 2 aromatic rings. The summed E-state index contributed by atoms with van der Waals surface area (Å²) in [4.78, 5) is 11.8. The van der Waals surface area contributed by atoms with Crippen LogP contribution in [-0.2, 0) is 16.4 Å². The molecule has 0 aliphatic carbocycles. The van der Waals surface area contributed by atoms with Crippen molar-refractivity contribution in [2.24, 2.45) is 0 Å². The van der Waals surface area contributed by atoms with E-state index < -0.39 is 10.0 Å². The number of hydrogen-bond acceptors (Lipinski definition) is 4. The topological polar surface area (TPSA) is 84.5 Å². The van der Waals surface area contributed by atoms with Crippen LogP contribution in [0, 0.1) is 0 Å². The van der Waals surface area contributed by atoms with E-state index in [1.807, 2.05) is 30.3 Å². The van der Waals surface area contributed by atoms with E-state index in [2.05, 4.69) is 10.0 Å². The highest BCUT2D eigenvalue weighted by atomic mass is 32.2. The molecule has 1 amide bonds. The van der Waals surface area contributed by atoms with Crippen LogP contribution in [0.15, 0.2) is 53.4 Å². The van der Waals surface area contributed by atoms with Crippen molar-refractivity contribution in [2.75, 3.05) is 20.2 Å². The predicted octanol–water partition coefficient (Wildman–Crippen LogP) is 1.97. The molecule has 0 unspecified atom stereocenters. The molecule has 0 spiro atoms. The van der Waals surface area contributed by atoms with Crippen LogP contribution in [0.4, 0.5) is 0 Å². The highest BCUT2D eigenvalue weighted by molar-refractivity contribution is 7.89. The molecule has 2 aromatic carbocycles. The van der Waals surface area contributed by atoms with Gasteiger partial charge in [0.2, 0.25) is 10.0 Å². The van der Waals surface area contributed by atoms with Gasteiger partial charge in [-0.3, -0.25) is 4.79 Å². The normalized spacial score (nSPS) is 11.1. The molecular formula is C18H22N2O4S. The lowest BCUT2D eigenvalue weighted by Gasteiger charge is -2.13. The van der Waals surface area contributed by atoms with Crippen molar-refractivity contribution in [3.63, 3.8) is 0 Å². The maximum atomic E-state index is 12.7. The zero-order valence-corrected chi connectivity index (χ0v) is 15.1. The van der Waals surface area contributed by atoms with Crippen molar-refractivity contribution in [3.05, 3.63) is 59.7 Å². The summed E-state index contributed by atoms with van der Waals surface area (Å²) in [6.45, 7) is 2.35. The first-order chi connectivity index (χ1) is 12.0. The van der Waals surface area contributed by atoms with Crippen LogP contribution in [0.3, 0.4) is 0 Å². The lowest BCUT2D eigenvalue weighted by Crippen LogP contribution is -2.27. The molecule has 2 N–H and O–H groups in total. The molecular weight excluding hydrogens is 340 g/mol. The highest BCUT2D eigenvalue weighted by Gasteiger charge is 2.21. The maximum Gasteiger partial charge on any atom is 0.251 e. The first-order valence-corrected chi connectivity index (χ1v) is 9.48.